The zero-order valence-electron chi connectivity index (χ0n) is 18.9. The third kappa shape index (κ3) is 5.37. The number of thioether (sulfide) groups is 1. The number of amides is 1. The minimum Gasteiger partial charge on any atom is -0.469 e. The highest BCUT2D eigenvalue weighted by Gasteiger charge is 2.19. The van der Waals surface area contributed by atoms with Crippen molar-refractivity contribution in [1.29, 1.82) is 0 Å². The summed E-state index contributed by atoms with van der Waals surface area (Å²) in [6, 6.07) is 18.2. The van der Waals surface area contributed by atoms with Crippen molar-refractivity contribution in [2.45, 2.75) is 25.4 Å². The third-order valence-electron chi connectivity index (χ3n) is 4.92. The molecule has 0 saturated heterocycles. The molecule has 34 heavy (non-hydrogen) atoms. The molecule has 0 unspecified atom stereocenters. The number of carbonyl (C=O) groups excluding carboxylic acids is 2. The van der Waals surface area contributed by atoms with Crippen molar-refractivity contribution in [3.8, 4) is 17.1 Å². The quantitative estimate of drug-likeness (QED) is 0.264. The Labute approximate surface area is 201 Å². The van der Waals surface area contributed by atoms with E-state index < -0.39 is 0 Å². The van der Waals surface area contributed by atoms with E-state index >= 15 is 0 Å². The molecule has 0 spiro atoms. The van der Waals surface area contributed by atoms with E-state index in [2.05, 4.69) is 15.5 Å². The van der Waals surface area contributed by atoms with Crippen molar-refractivity contribution >= 4 is 29.3 Å². The molecule has 0 aliphatic rings. The Morgan fingerprint density at radius 3 is 2.50 bits per heavy atom. The minimum absolute atomic E-state index is 0.135. The van der Waals surface area contributed by atoms with Crippen LogP contribution in [0.3, 0.4) is 0 Å². The number of esters is 1. The molecule has 0 bridgehead atoms. The summed E-state index contributed by atoms with van der Waals surface area (Å²) in [6.45, 7) is 4.18. The fraction of sp³-hybridized carbons (Fsp3) is 0.200. The van der Waals surface area contributed by atoms with Crippen LogP contribution in [0.15, 0.2) is 76.5 Å². The first kappa shape index (κ1) is 23.3. The minimum atomic E-state index is -0.376. The molecule has 0 atom stereocenters. The van der Waals surface area contributed by atoms with Gasteiger partial charge in [-0.3, -0.25) is 9.36 Å². The molecular weight excluding hydrogens is 452 g/mol. The smallest absolute Gasteiger partial charge is 0.338 e. The summed E-state index contributed by atoms with van der Waals surface area (Å²) in [7, 11) is 0. The summed E-state index contributed by atoms with van der Waals surface area (Å²) in [5, 5.41) is 12.1. The van der Waals surface area contributed by atoms with Gasteiger partial charge in [0.25, 0.3) is 0 Å². The maximum atomic E-state index is 12.6. The van der Waals surface area contributed by atoms with E-state index in [1.54, 1.807) is 30.5 Å². The van der Waals surface area contributed by atoms with E-state index in [0.717, 1.165) is 23.4 Å². The lowest BCUT2D eigenvalue weighted by atomic mass is 10.2. The standard InChI is InChI=1S/C25H24N4O4S/c1-3-14-33-24(31)18-9-11-19(12-10-18)26-22(30)16-34-25-28-27-23(21-13-15-32-17(21)2)29(25)20-7-5-4-6-8-20/h4-13,15H,3,14,16H2,1-2H3,(H,26,30). The average Bonchev–Trinajstić information content (AvgIpc) is 3.47. The second kappa shape index (κ2) is 10.8. The molecule has 0 aliphatic heterocycles. The first-order valence-electron chi connectivity index (χ1n) is 10.8. The first-order chi connectivity index (χ1) is 16.6. The number of para-hydroxylation sites is 1. The average molecular weight is 477 g/mol. The van der Waals surface area contributed by atoms with Gasteiger partial charge >= 0.3 is 5.97 Å². The van der Waals surface area contributed by atoms with Crippen LogP contribution in [-0.4, -0.2) is 39.0 Å². The Morgan fingerprint density at radius 1 is 1.06 bits per heavy atom. The van der Waals surface area contributed by atoms with Crippen LogP contribution < -0.4 is 5.32 Å². The summed E-state index contributed by atoms with van der Waals surface area (Å²) < 4.78 is 12.5. The Bertz CT molecular complexity index is 1270. The van der Waals surface area contributed by atoms with Crippen molar-refractivity contribution in [3.05, 3.63) is 78.3 Å². The van der Waals surface area contributed by atoms with Crippen LogP contribution in [0, 0.1) is 6.92 Å². The van der Waals surface area contributed by atoms with Crippen LogP contribution >= 0.6 is 11.8 Å². The van der Waals surface area contributed by atoms with Crippen LogP contribution in [0.4, 0.5) is 5.69 Å². The molecule has 174 valence electrons. The lowest BCUT2D eigenvalue weighted by Crippen LogP contribution is -2.15. The van der Waals surface area contributed by atoms with Crippen molar-refractivity contribution in [1.82, 2.24) is 14.8 Å². The van der Waals surface area contributed by atoms with Gasteiger partial charge in [0, 0.05) is 11.4 Å². The predicted molar refractivity (Wildman–Crippen MR) is 130 cm³/mol. The van der Waals surface area contributed by atoms with Gasteiger partial charge in [-0.25, -0.2) is 4.79 Å². The number of carbonyl (C=O) groups is 2. The van der Waals surface area contributed by atoms with Gasteiger partial charge in [-0.05, 0) is 55.8 Å². The van der Waals surface area contributed by atoms with Gasteiger partial charge in [-0.1, -0.05) is 36.9 Å². The summed E-state index contributed by atoms with van der Waals surface area (Å²) in [5.41, 5.74) is 2.76. The molecule has 0 aliphatic carbocycles. The summed E-state index contributed by atoms with van der Waals surface area (Å²) >= 11 is 1.28. The second-order valence-electron chi connectivity index (χ2n) is 7.42. The molecule has 4 rings (SSSR count). The number of benzene rings is 2. The van der Waals surface area contributed by atoms with Crippen LogP contribution in [0.5, 0.6) is 0 Å². The second-order valence-corrected chi connectivity index (χ2v) is 8.36. The lowest BCUT2D eigenvalue weighted by Gasteiger charge is -2.10. The van der Waals surface area contributed by atoms with Gasteiger partial charge in [0.1, 0.15) is 5.76 Å². The van der Waals surface area contributed by atoms with Crippen LogP contribution in [0.1, 0.15) is 29.5 Å². The normalized spacial score (nSPS) is 10.8. The van der Waals surface area contributed by atoms with E-state index in [1.807, 2.05) is 54.8 Å². The van der Waals surface area contributed by atoms with Crippen molar-refractivity contribution in [2.24, 2.45) is 0 Å². The van der Waals surface area contributed by atoms with Gasteiger partial charge < -0.3 is 14.5 Å². The topological polar surface area (TPSA) is 99.2 Å². The zero-order valence-corrected chi connectivity index (χ0v) is 19.7. The molecule has 8 nitrogen and oxygen atoms in total. The van der Waals surface area contributed by atoms with Gasteiger partial charge in [-0.15, -0.1) is 10.2 Å². The lowest BCUT2D eigenvalue weighted by molar-refractivity contribution is -0.113. The summed E-state index contributed by atoms with van der Waals surface area (Å²) in [6.07, 6.45) is 2.38. The predicted octanol–water partition coefficient (Wildman–Crippen LogP) is 5.13. The van der Waals surface area contributed by atoms with Gasteiger partial charge in [0.2, 0.25) is 5.91 Å². The largest absolute Gasteiger partial charge is 0.469 e. The molecule has 2 aromatic heterocycles. The molecule has 2 heterocycles. The van der Waals surface area contributed by atoms with Gasteiger partial charge in [0.15, 0.2) is 11.0 Å². The number of rotatable bonds is 9. The molecule has 0 radical (unpaired) electrons. The molecule has 1 amide bonds. The van der Waals surface area contributed by atoms with E-state index in [0.29, 0.717) is 28.8 Å². The van der Waals surface area contributed by atoms with Gasteiger partial charge in [0.05, 0.1) is 29.7 Å². The monoisotopic (exact) mass is 476 g/mol. The Kier molecular flexibility index (Phi) is 7.44. The molecular formula is C25H24N4O4S. The molecule has 0 fully saturated rings. The van der Waals surface area contributed by atoms with Crippen LogP contribution in [0.2, 0.25) is 0 Å². The number of ether oxygens (including phenoxy) is 1. The first-order valence-corrected chi connectivity index (χ1v) is 11.8. The number of aromatic nitrogens is 3. The van der Waals surface area contributed by atoms with Crippen LogP contribution in [0.25, 0.3) is 17.1 Å². The highest BCUT2D eigenvalue weighted by atomic mass is 32.2. The summed E-state index contributed by atoms with van der Waals surface area (Å²) in [5.74, 6) is 0.941. The number of furan rings is 1. The van der Waals surface area contributed by atoms with Crippen LogP contribution in [-0.2, 0) is 9.53 Å². The molecule has 9 heteroatoms. The number of anilines is 1. The molecule has 1 N–H and O–H groups in total. The SMILES string of the molecule is CCCOC(=O)c1ccc(NC(=O)CSc2nnc(-c3ccoc3C)n2-c2ccccc2)cc1. The number of aryl methyl sites for hydroxylation is 1. The number of hydrogen-bond acceptors (Lipinski definition) is 7. The highest BCUT2D eigenvalue weighted by molar-refractivity contribution is 7.99. The zero-order chi connectivity index (χ0) is 23.9. The van der Waals surface area contributed by atoms with Crippen molar-refractivity contribution in [2.75, 3.05) is 17.7 Å². The molecule has 2 aromatic carbocycles. The fourth-order valence-electron chi connectivity index (χ4n) is 3.26. The van der Waals surface area contributed by atoms with E-state index in [9.17, 15) is 9.59 Å². The maximum absolute atomic E-state index is 12.6. The fourth-order valence-corrected chi connectivity index (χ4v) is 4.01. The van der Waals surface area contributed by atoms with Gasteiger partial charge in [-0.2, -0.15) is 0 Å². The molecule has 4 aromatic rings. The Balaban J connectivity index is 1.45. The Morgan fingerprint density at radius 2 is 1.82 bits per heavy atom. The third-order valence-corrected chi connectivity index (χ3v) is 5.85. The molecule has 0 saturated carbocycles. The number of nitrogens with zero attached hydrogens (tertiary/aromatic N) is 3. The van der Waals surface area contributed by atoms with E-state index in [1.165, 1.54) is 11.8 Å². The highest BCUT2D eigenvalue weighted by Crippen LogP contribution is 2.30. The van der Waals surface area contributed by atoms with Crippen molar-refractivity contribution in [3.63, 3.8) is 0 Å². The van der Waals surface area contributed by atoms with E-state index in [4.69, 9.17) is 9.15 Å². The number of nitrogens with one attached hydrogen (secondary N) is 1. The number of hydrogen-bond donors (Lipinski definition) is 1. The van der Waals surface area contributed by atoms with E-state index in [-0.39, 0.29) is 17.6 Å². The summed E-state index contributed by atoms with van der Waals surface area (Å²) in [4.78, 5) is 24.5. The maximum Gasteiger partial charge on any atom is 0.338 e. The Hall–Kier alpha value is -3.85. The van der Waals surface area contributed by atoms with Crippen molar-refractivity contribution < 1.29 is 18.7 Å².